The fourth-order valence-electron chi connectivity index (χ4n) is 2.06. The Morgan fingerprint density at radius 3 is 2.57 bits per heavy atom. The highest BCUT2D eigenvalue weighted by Crippen LogP contribution is 2.18. The molecule has 2 N–H and O–H groups in total. The quantitative estimate of drug-likeness (QED) is 0.901. The average Bonchev–Trinajstić information content (AvgIpc) is 2.75. The van der Waals surface area contributed by atoms with Crippen LogP contribution in [0.2, 0.25) is 0 Å². The standard InChI is InChI=1S/C15H18N4O2/c1-8(2)14-12(15(20)21)7-16-13(17-14)6-5-11-9(3)18-19-10(11)4/h5-8H,1-4H3,(H,18,19)(H,20,21)/b6-5+. The van der Waals surface area contributed by atoms with Gasteiger partial charge in [0.1, 0.15) is 0 Å². The first-order valence-corrected chi connectivity index (χ1v) is 6.70. The molecule has 0 unspecified atom stereocenters. The van der Waals surface area contributed by atoms with Crippen molar-refractivity contribution in [3.63, 3.8) is 0 Å². The number of hydrogen-bond acceptors (Lipinski definition) is 4. The lowest BCUT2D eigenvalue weighted by atomic mass is 10.1. The molecule has 21 heavy (non-hydrogen) atoms. The Labute approximate surface area is 123 Å². The zero-order valence-corrected chi connectivity index (χ0v) is 12.5. The Balaban J connectivity index is 2.38. The number of aryl methyl sites for hydroxylation is 2. The first kappa shape index (κ1) is 14.9. The van der Waals surface area contributed by atoms with Gasteiger partial charge in [0, 0.05) is 17.5 Å². The van der Waals surface area contributed by atoms with E-state index in [2.05, 4.69) is 20.2 Å². The maximum absolute atomic E-state index is 11.2. The number of aromatic nitrogens is 4. The summed E-state index contributed by atoms with van der Waals surface area (Å²) in [6.45, 7) is 7.67. The second kappa shape index (κ2) is 5.87. The van der Waals surface area contributed by atoms with E-state index in [1.54, 1.807) is 6.08 Å². The van der Waals surface area contributed by atoms with Crippen molar-refractivity contribution < 1.29 is 9.90 Å². The van der Waals surface area contributed by atoms with Crippen molar-refractivity contribution in [1.29, 1.82) is 0 Å². The molecule has 2 heterocycles. The van der Waals surface area contributed by atoms with Crippen LogP contribution in [-0.2, 0) is 0 Å². The van der Waals surface area contributed by atoms with Crippen LogP contribution in [0.25, 0.3) is 12.2 Å². The average molecular weight is 286 g/mol. The molecular formula is C15H18N4O2. The minimum absolute atomic E-state index is 0.0173. The molecule has 0 aliphatic rings. The number of aromatic carboxylic acids is 1. The van der Waals surface area contributed by atoms with Crippen molar-refractivity contribution >= 4 is 18.1 Å². The molecule has 0 saturated heterocycles. The zero-order chi connectivity index (χ0) is 15.6. The van der Waals surface area contributed by atoms with E-state index in [0.29, 0.717) is 11.5 Å². The van der Waals surface area contributed by atoms with Crippen molar-refractivity contribution in [2.45, 2.75) is 33.6 Å². The molecule has 2 rings (SSSR count). The molecule has 0 spiro atoms. The lowest BCUT2D eigenvalue weighted by molar-refractivity contribution is 0.0694. The minimum Gasteiger partial charge on any atom is -0.478 e. The predicted octanol–water partition coefficient (Wildman–Crippen LogP) is 2.81. The van der Waals surface area contributed by atoms with Crippen molar-refractivity contribution in [2.75, 3.05) is 0 Å². The van der Waals surface area contributed by atoms with Crippen LogP contribution in [0.3, 0.4) is 0 Å². The number of nitrogens with zero attached hydrogens (tertiary/aromatic N) is 3. The summed E-state index contributed by atoms with van der Waals surface area (Å²) in [4.78, 5) is 19.6. The van der Waals surface area contributed by atoms with E-state index >= 15 is 0 Å². The summed E-state index contributed by atoms with van der Waals surface area (Å²) >= 11 is 0. The van der Waals surface area contributed by atoms with Crippen molar-refractivity contribution in [3.05, 3.63) is 40.2 Å². The van der Waals surface area contributed by atoms with E-state index in [-0.39, 0.29) is 11.5 Å². The van der Waals surface area contributed by atoms with Crippen LogP contribution in [0.1, 0.15) is 58.6 Å². The number of carboxylic acids is 1. The third-order valence-corrected chi connectivity index (χ3v) is 3.20. The Morgan fingerprint density at radius 2 is 2.05 bits per heavy atom. The van der Waals surface area contributed by atoms with Gasteiger partial charge in [-0.15, -0.1) is 0 Å². The van der Waals surface area contributed by atoms with E-state index in [1.807, 2.05) is 33.8 Å². The number of hydrogen-bond donors (Lipinski definition) is 2. The lowest BCUT2D eigenvalue weighted by Gasteiger charge is -2.08. The maximum Gasteiger partial charge on any atom is 0.339 e. The lowest BCUT2D eigenvalue weighted by Crippen LogP contribution is -2.08. The molecule has 6 heteroatoms. The topological polar surface area (TPSA) is 91.8 Å². The summed E-state index contributed by atoms with van der Waals surface area (Å²) < 4.78 is 0. The minimum atomic E-state index is -1.00. The van der Waals surface area contributed by atoms with Gasteiger partial charge in [0.15, 0.2) is 5.82 Å². The van der Waals surface area contributed by atoms with Crippen LogP contribution in [0.15, 0.2) is 6.20 Å². The fraction of sp³-hybridized carbons (Fsp3) is 0.333. The van der Waals surface area contributed by atoms with Gasteiger partial charge < -0.3 is 5.11 Å². The normalized spacial score (nSPS) is 11.5. The van der Waals surface area contributed by atoms with Crippen LogP contribution >= 0.6 is 0 Å². The first-order valence-electron chi connectivity index (χ1n) is 6.70. The molecule has 0 atom stereocenters. The van der Waals surface area contributed by atoms with Gasteiger partial charge >= 0.3 is 5.97 Å². The molecule has 110 valence electrons. The number of rotatable bonds is 4. The molecule has 0 radical (unpaired) electrons. The van der Waals surface area contributed by atoms with Gasteiger partial charge in [-0.3, -0.25) is 5.10 Å². The fourth-order valence-corrected chi connectivity index (χ4v) is 2.06. The van der Waals surface area contributed by atoms with Gasteiger partial charge in [0.05, 0.1) is 17.0 Å². The molecule has 6 nitrogen and oxygen atoms in total. The van der Waals surface area contributed by atoms with Crippen molar-refractivity contribution in [2.24, 2.45) is 0 Å². The summed E-state index contributed by atoms with van der Waals surface area (Å²) in [7, 11) is 0. The van der Waals surface area contributed by atoms with Gasteiger partial charge in [-0.25, -0.2) is 14.8 Å². The highest BCUT2D eigenvalue weighted by Gasteiger charge is 2.15. The smallest absolute Gasteiger partial charge is 0.339 e. The van der Waals surface area contributed by atoms with Gasteiger partial charge in [-0.05, 0) is 31.9 Å². The Morgan fingerprint density at radius 1 is 1.33 bits per heavy atom. The van der Waals surface area contributed by atoms with Crippen LogP contribution in [0, 0.1) is 13.8 Å². The third kappa shape index (κ3) is 3.16. The van der Waals surface area contributed by atoms with Crippen LogP contribution in [0.5, 0.6) is 0 Å². The molecule has 0 aliphatic heterocycles. The van der Waals surface area contributed by atoms with Gasteiger partial charge in [-0.2, -0.15) is 5.10 Å². The van der Waals surface area contributed by atoms with Crippen LogP contribution in [0.4, 0.5) is 0 Å². The van der Waals surface area contributed by atoms with E-state index in [1.165, 1.54) is 6.20 Å². The number of H-pyrrole nitrogens is 1. The van der Waals surface area contributed by atoms with E-state index in [4.69, 9.17) is 5.11 Å². The Hall–Kier alpha value is -2.50. The van der Waals surface area contributed by atoms with Crippen LogP contribution in [-0.4, -0.2) is 31.2 Å². The van der Waals surface area contributed by atoms with Gasteiger partial charge in [-0.1, -0.05) is 13.8 Å². The highest BCUT2D eigenvalue weighted by atomic mass is 16.4. The molecule has 0 saturated carbocycles. The summed E-state index contributed by atoms with van der Waals surface area (Å²) in [5.41, 5.74) is 3.55. The van der Waals surface area contributed by atoms with E-state index in [0.717, 1.165) is 17.0 Å². The van der Waals surface area contributed by atoms with Crippen LogP contribution < -0.4 is 0 Å². The first-order chi connectivity index (χ1) is 9.90. The number of carboxylic acid groups (broad SMARTS) is 1. The van der Waals surface area contributed by atoms with E-state index < -0.39 is 5.97 Å². The highest BCUT2D eigenvalue weighted by molar-refractivity contribution is 5.88. The summed E-state index contributed by atoms with van der Waals surface area (Å²) in [6, 6.07) is 0. The maximum atomic E-state index is 11.2. The zero-order valence-electron chi connectivity index (χ0n) is 12.5. The SMILES string of the molecule is Cc1n[nH]c(C)c1/C=C/c1ncc(C(=O)O)c(C(C)C)n1. The summed E-state index contributed by atoms with van der Waals surface area (Å²) in [5, 5.41) is 16.2. The number of nitrogens with one attached hydrogen (secondary N) is 1. The summed E-state index contributed by atoms with van der Waals surface area (Å²) in [6.07, 6.45) is 5.01. The Kier molecular flexibility index (Phi) is 4.16. The molecule has 0 fully saturated rings. The van der Waals surface area contributed by atoms with Gasteiger partial charge in [0.25, 0.3) is 0 Å². The summed E-state index contributed by atoms with van der Waals surface area (Å²) in [5.74, 6) is -0.497. The molecular weight excluding hydrogens is 268 g/mol. The molecule has 2 aromatic rings. The predicted molar refractivity (Wildman–Crippen MR) is 80.1 cm³/mol. The second-order valence-electron chi connectivity index (χ2n) is 5.17. The molecule has 0 amide bonds. The molecule has 2 aromatic heterocycles. The van der Waals surface area contributed by atoms with Crippen molar-refractivity contribution in [3.8, 4) is 0 Å². The largest absolute Gasteiger partial charge is 0.478 e. The number of aromatic amines is 1. The molecule has 0 bridgehead atoms. The van der Waals surface area contributed by atoms with E-state index in [9.17, 15) is 4.79 Å². The van der Waals surface area contributed by atoms with Gasteiger partial charge in [0.2, 0.25) is 0 Å². The monoisotopic (exact) mass is 286 g/mol. The van der Waals surface area contributed by atoms with Crippen molar-refractivity contribution in [1.82, 2.24) is 20.2 Å². The third-order valence-electron chi connectivity index (χ3n) is 3.20. The second-order valence-corrected chi connectivity index (χ2v) is 5.17. The molecule has 0 aromatic carbocycles. The molecule has 0 aliphatic carbocycles. The Bertz CT molecular complexity index is 682. The number of carbonyl (C=O) groups is 1.